The molecule has 0 radical (unpaired) electrons. The number of hydrogen-bond acceptors (Lipinski definition) is 3. The number of carbonyl (C=O) groups excluding carboxylic acids is 1. The largest absolute Gasteiger partial charge is 0.396 e. The maximum absolute atomic E-state index is 12.8. The predicted molar refractivity (Wildman–Crippen MR) is 102 cm³/mol. The number of nitrogens with one attached hydrogen (secondary N) is 1. The Kier molecular flexibility index (Phi) is 6.35. The summed E-state index contributed by atoms with van der Waals surface area (Å²) < 4.78 is 0. The van der Waals surface area contributed by atoms with Crippen LogP contribution in [-0.2, 0) is 0 Å². The minimum atomic E-state index is 0.0899. The third-order valence-corrected chi connectivity index (χ3v) is 5.93. The average molecular weight is 344 g/mol. The molecule has 2 N–H and O–H groups in total. The summed E-state index contributed by atoms with van der Waals surface area (Å²) in [6.45, 7) is 3.90. The van der Waals surface area contributed by atoms with E-state index in [-0.39, 0.29) is 18.4 Å². The fraction of sp³-hybridized carbons (Fsp3) is 0.667. The van der Waals surface area contributed by atoms with E-state index in [1.807, 2.05) is 23.1 Å². The number of amides is 1. The van der Waals surface area contributed by atoms with Gasteiger partial charge in [-0.05, 0) is 62.6 Å². The molecule has 4 heteroatoms. The van der Waals surface area contributed by atoms with Crippen LogP contribution < -0.4 is 5.32 Å². The van der Waals surface area contributed by atoms with Crippen LogP contribution >= 0.6 is 0 Å². The van der Waals surface area contributed by atoms with Gasteiger partial charge >= 0.3 is 0 Å². The molecule has 0 bridgehead atoms. The zero-order valence-electron chi connectivity index (χ0n) is 15.4. The first kappa shape index (κ1) is 18.2. The number of aliphatic hydroxyl groups is 1. The molecule has 1 aliphatic carbocycles. The highest BCUT2D eigenvalue weighted by molar-refractivity contribution is 5.95. The summed E-state index contributed by atoms with van der Waals surface area (Å²) in [4.78, 5) is 14.7. The highest BCUT2D eigenvalue weighted by Gasteiger charge is 2.24. The third kappa shape index (κ3) is 4.75. The maximum Gasteiger partial charge on any atom is 0.253 e. The summed E-state index contributed by atoms with van der Waals surface area (Å²) in [5, 5.41) is 13.0. The van der Waals surface area contributed by atoms with Crippen LogP contribution in [0.5, 0.6) is 0 Å². The molecule has 1 heterocycles. The van der Waals surface area contributed by atoms with Crippen LogP contribution in [0.2, 0.25) is 0 Å². The highest BCUT2D eigenvalue weighted by atomic mass is 16.3. The molecule has 1 saturated heterocycles. The van der Waals surface area contributed by atoms with Gasteiger partial charge in [0.2, 0.25) is 0 Å². The predicted octanol–water partition coefficient (Wildman–Crippen LogP) is 3.91. The maximum atomic E-state index is 12.8. The van der Waals surface area contributed by atoms with Crippen LogP contribution in [0.4, 0.5) is 5.69 Å². The van der Waals surface area contributed by atoms with E-state index in [1.165, 1.54) is 32.1 Å². The van der Waals surface area contributed by atoms with Crippen molar-refractivity contribution in [3.8, 4) is 0 Å². The van der Waals surface area contributed by atoms with Crippen molar-refractivity contribution in [3.05, 3.63) is 29.8 Å². The lowest BCUT2D eigenvalue weighted by Gasteiger charge is -2.32. The fourth-order valence-corrected chi connectivity index (χ4v) is 4.34. The van der Waals surface area contributed by atoms with E-state index in [9.17, 15) is 9.90 Å². The molecular weight excluding hydrogens is 312 g/mol. The molecule has 2 atom stereocenters. The van der Waals surface area contributed by atoms with Crippen LogP contribution in [0.3, 0.4) is 0 Å². The van der Waals surface area contributed by atoms with Gasteiger partial charge in [0.15, 0.2) is 0 Å². The number of carbonyl (C=O) groups is 1. The molecule has 1 amide bonds. The topological polar surface area (TPSA) is 52.6 Å². The monoisotopic (exact) mass is 344 g/mol. The molecule has 2 unspecified atom stereocenters. The Balaban J connectivity index is 1.63. The van der Waals surface area contributed by atoms with Crippen LogP contribution in [0.15, 0.2) is 24.3 Å². The zero-order valence-corrected chi connectivity index (χ0v) is 15.4. The van der Waals surface area contributed by atoms with Crippen molar-refractivity contribution in [1.29, 1.82) is 0 Å². The summed E-state index contributed by atoms with van der Waals surface area (Å²) in [7, 11) is 0. The van der Waals surface area contributed by atoms with Crippen molar-refractivity contribution in [2.75, 3.05) is 25.0 Å². The molecule has 0 spiro atoms. The van der Waals surface area contributed by atoms with Crippen molar-refractivity contribution >= 4 is 11.6 Å². The second-order valence-corrected chi connectivity index (χ2v) is 7.85. The Morgan fingerprint density at radius 3 is 2.80 bits per heavy atom. The van der Waals surface area contributed by atoms with Crippen molar-refractivity contribution < 1.29 is 9.90 Å². The SMILES string of the molecule is CC(Nc1cccc(C(=O)N2CCCC(CO)C2)c1)C1CCCCC1. The van der Waals surface area contributed by atoms with Gasteiger partial charge < -0.3 is 15.3 Å². The Labute approximate surface area is 151 Å². The van der Waals surface area contributed by atoms with Gasteiger partial charge in [-0.3, -0.25) is 4.79 Å². The molecule has 1 aromatic rings. The first-order valence-corrected chi connectivity index (χ1v) is 9.94. The lowest BCUT2D eigenvalue weighted by atomic mass is 9.84. The molecule has 2 aliphatic rings. The van der Waals surface area contributed by atoms with Gasteiger partial charge in [-0.25, -0.2) is 0 Å². The Morgan fingerprint density at radius 1 is 1.24 bits per heavy atom. The molecule has 1 saturated carbocycles. The van der Waals surface area contributed by atoms with Gasteiger partial charge in [0.25, 0.3) is 5.91 Å². The first-order chi connectivity index (χ1) is 12.2. The van der Waals surface area contributed by atoms with E-state index in [0.717, 1.165) is 36.6 Å². The number of piperidine rings is 1. The van der Waals surface area contributed by atoms with Gasteiger partial charge in [0.05, 0.1) is 0 Å². The van der Waals surface area contributed by atoms with Crippen LogP contribution in [-0.4, -0.2) is 41.7 Å². The number of nitrogens with zero attached hydrogens (tertiary/aromatic N) is 1. The van der Waals surface area contributed by atoms with Gasteiger partial charge in [-0.1, -0.05) is 25.3 Å². The van der Waals surface area contributed by atoms with Crippen molar-refractivity contribution in [1.82, 2.24) is 4.90 Å². The van der Waals surface area contributed by atoms with E-state index in [4.69, 9.17) is 0 Å². The molecule has 1 aliphatic heterocycles. The summed E-state index contributed by atoms with van der Waals surface area (Å²) in [6, 6.07) is 8.37. The minimum Gasteiger partial charge on any atom is -0.396 e. The lowest BCUT2D eigenvalue weighted by molar-refractivity contribution is 0.0621. The van der Waals surface area contributed by atoms with Crippen molar-refractivity contribution in [2.45, 2.75) is 57.9 Å². The minimum absolute atomic E-state index is 0.0899. The van der Waals surface area contributed by atoms with Gasteiger partial charge in [-0.2, -0.15) is 0 Å². The fourth-order valence-electron chi connectivity index (χ4n) is 4.34. The smallest absolute Gasteiger partial charge is 0.253 e. The third-order valence-electron chi connectivity index (χ3n) is 5.93. The van der Waals surface area contributed by atoms with Crippen LogP contribution in [0.25, 0.3) is 0 Å². The standard InChI is InChI=1S/C21H32N2O2/c1-16(18-8-3-2-4-9-18)22-20-11-5-10-19(13-20)21(25)23-12-6-7-17(14-23)15-24/h5,10-11,13,16-18,22,24H,2-4,6-9,12,14-15H2,1H3. The molecule has 2 fully saturated rings. The second kappa shape index (κ2) is 8.70. The van der Waals surface area contributed by atoms with E-state index < -0.39 is 0 Å². The molecule has 0 aromatic heterocycles. The summed E-state index contributed by atoms with van der Waals surface area (Å²) in [5.74, 6) is 1.05. The van der Waals surface area contributed by atoms with Crippen molar-refractivity contribution in [3.63, 3.8) is 0 Å². The van der Waals surface area contributed by atoms with Gasteiger partial charge in [0.1, 0.15) is 0 Å². The average Bonchev–Trinajstić information content (AvgIpc) is 2.68. The Hall–Kier alpha value is -1.55. The number of anilines is 1. The number of aliphatic hydroxyl groups excluding tert-OH is 1. The van der Waals surface area contributed by atoms with Crippen molar-refractivity contribution in [2.24, 2.45) is 11.8 Å². The molecule has 3 rings (SSSR count). The molecule has 25 heavy (non-hydrogen) atoms. The molecule has 1 aromatic carbocycles. The van der Waals surface area contributed by atoms with Crippen LogP contribution in [0, 0.1) is 11.8 Å². The molecular formula is C21H32N2O2. The van der Waals surface area contributed by atoms with Gasteiger partial charge in [0, 0.05) is 37.0 Å². The first-order valence-electron chi connectivity index (χ1n) is 9.94. The normalized spacial score (nSPS) is 23.3. The summed E-state index contributed by atoms with van der Waals surface area (Å²) >= 11 is 0. The number of rotatable bonds is 5. The lowest BCUT2D eigenvalue weighted by Crippen LogP contribution is -2.41. The highest BCUT2D eigenvalue weighted by Crippen LogP contribution is 2.28. The molecule has 4 nitrogen and oxygen atoms in total. The number of benzene rings is 1. The zero-order chi connectivity index (χ0) is 17.6. The van der Waals surface area contributed by atoms with E-state index in [0.29, 0.717) is 12.6 Å². The van der Waals surface area contributed by atoms with Gasteiger partial charge in [-0.15, -0.1) is 0 Å². The van der Waals surface area contributed by atoms with Crippen LogP contribution in [0.1, 0.15) is 62.2 Å². The summed E-state index contributed by atoms with van der Waals surface area (Å²) in [6.07, 6.45) is 8.67. The van der Waals surface area contributed by atoms with E-state index >= 15 is 0 Å². The Bertz CT molecular complexity index is 569. The number of hydrogen-bond donors (Lipinski definition) is 2. The number of likely N-dealkylation sites (tertiary alicyclic amines) is 1. The molecule has 138 valence electrons. The Morgan fingerprint density at radius 2 is 2.04 bits per heavy atom. The van der Waals surface area contributed by atoms with E-state index in [2.05, 4.69) is 18.3 Å². The summed E-state index contributed by atoms with van der Waals surface area (Å²) in [5.41, 5.74) is 1.79. The second-order valence-electron chi connectivity index (χ2n) is 7.85. The quantitative estimate of drug-likeness (QED) is 0.851. The van der Waals surface area contributed by atoms with E-state index in [1.54, 1.807) is 0 Å².